The Morgan fingerprint density at radius 3 is 1.46 bits per heavy atom. The van der Waals surface area contributed by atoms with E-state index in [9.17, 15) is 9.59 Å². The number of amides is 2. The van der Waals surface area contributed by atoms with Crippen molar-refractivity contribution in [2.45, 2.75) is 12.8 Å². The average Bonchev–Trinajstić information content (AvgIpc) is 2.54. The van der Waals surface area contributed by atoms with Gasteiger partial charge in [-0.2, -0.15) is 0 Å². The summed E-state index contributed by atoms with van der Waals surface area (Å²) >= 11 is 17.5. The number of hydrogen-bond donors (Lipinski definition) is 6. The second-order valence-electron chi connectivity index (χ2n) is 5.20. The van der Waals surface area contributed by atoms with Crippen LogP contribution in [-0.2, 0) is 9.59 Å². The lowest BCUT2D eigenvalue weighted by atomic mass is 9.81. The molecule has 4 N–H and O–H groups in total. The van der Waals surface area contributed by atoms with Crippen molar-refractivity contribution in [2.75, 3.05) is 26.2 Å². The zero-order chi connectivity index (χ0) is 17.9. The maximum Gasteiger partial charge on any atom is 0.224 e. The number of carbonyl (C=O) groups excluding carboxylic acids is 2. The summed E-state index contributed by atoms with van der Waals surface area (Å²) in [5.41, 5.74) is 0. The normalized spacial score (nSPS) is 19.2. The zero-order valence-corrected chi connectivity index (χ0v) is 16.5. The van der Waals surface area contributed by atoms with Crippen LogP contribution in [0.4, 0.5) is 0 Å². The molecule has 0 bridgehead atoms. The lowest BCUT2D eigenvalue weighted by Gasteiger charge is -2.26. The molecule has 0 radical (unpaired) electrons. The summed E-state index contributed by atoms with van der Waals surface area (Å²) in [6.07, 6.45) is 4.99. The molecule has 1 rings (SSSR count). The highest BCUT2D eigenvalue weighted by Gasteiger charge is 2.33. The molecule has 2 amide bonds. The third kappa shape index (κ3) is 8.32. The second-order valence-corrected chi connectivity index (χ2v) is 7.52. The Labute approximate surface area is 163 Å². The number of hydrogen-bond acceptors (Lipinski definition) is 4. The molecule has 0 saturated heterocycles. The molecular weight excluding hydrogens is 384 g/mol. The highest BCUT2D eigenvalue weighted by Crippen LogP contribution is 2.25. The fourth-order valence-corrected chi connectivity index (χ4v) is 2.79. The molecule has 0 aliphatic heterocycles. The Hall–Kier alpha value is -0.840. The largest absolute Gasteiger partial charge is 0.369 e. The number of thiocarbonyl (C=S) groups is 2. The smallest absolute Gasteiger partial charge is 0.224 e. The van der Waals surface area contributed by atoms with Crippen LogP contribution in [0, 0.1) is 11.8 Å². The van der Waals surface area contributed by atoms with Crippen molar-refractivity contribution in [3.8, 4) is 0 Å². The fraction of sp³-hybridized carbons (Fsp3) is 0.571. The van der Waals surface area contributed by atoms with E-state index in [0.717, 1.165) is 0 Å². The first-order chi connectivity index (χ1) is 11.4. The third-order valence-corrected chi connectivity index (χ3v) is 4.11. The van der Waals surface area contributed by atoms with Crippen molar-refractivity contribution >= 4 is 70.1 Å². The summed E-state index contributed by atoms with van der Waals surface area (Å²) in [4.78, 5) is 24.7. The molecule has 134 valence electrons. The highest BCUT2D eigenvalue weighted by molar-refractivity contribution is 8.11. The summed E-state index contributed by atoms with van der Waals surface area (Å²) < 4.78 is 0.771. The molecule has 0 aromatic heterocycles. The Morgan fingerprint density at radius 2 is 1.12 bits per heavy atom. The lowest BCUT2D eigenvalue weighted by Crippen LogP contribution is -2.45. The van der Waals surface area contributed by atoms with Crippen molar-refractivity contribution < 1.29 is 9.59 Å². The van der Waals surface area contributed by atoms with Crippen molar-refractivity contribution in [2.24, 2.45) is 11.8 Å². The van der Waals surface area contributed by atoms with Crippen LogP contribution in [0.5, 0.6) is 0 Å². The van der Waals surface area contributed by atoms with Gasteiger partial charge in [-0.25, -0.2) is 0 Å². The summed E-state index contributed by atoms with van der Waals surface area (Å²) in [5.74, 6) is -0.976. The second kappa shape index (κ2) is 11.7. The Balaban J connectivity index is 2.44. The highest BCUT2D eigenvalue weighted by atomic mass is 32.1. The molecule has 0 aromatic carbocycles. The van der Waals surface area contributed by atoms with Crippen LogP contribution in [0.3, 0.4) is 0 Å². The van der Waals surface area contributed by atoms with Crippen LogP contribution >= 0.6 is 49.7 Å². The van der Waals surface area contributed by atoms with Crippen LogP contribution in [0.25, 0.3) is 0 Å². The van der Waals surface area contributed by atoms with Crippen LogP contribution in [-0.4, -0.2) is 46.6 Å². The van der Waals surface area contributed by atoms with Gasteiger partial charge in [0.2, 0.25) is 11.8 Å². The van der Waals surface area contributed by atoms with Crippen molar-refractivity contribution in [1.29, 1.82) is 0 Å². The topological polar surface area (TPSA) is 82.3 Å². The van der Waals surface area contributed by atoms with E-state index in [1.54, 1.807) is 0 Å². The molecule has 24 heavy (non-hydrogen) atoms. The molecule has 2 unspecified atom stereocenters. The van der Waals surface area contributed by atoms with E-state index in [1.807, 2.05) is 12.2 Å². The minimum atomic E-state index is -0.364. The van der Waals surface area contributed by atoms with E-state index in [-0.39, 0.29) is 23.7 Å². The first kappa shape index (κ1) is 21.2. The van der Waals surface area contributed by atoms with Gasteiger partial charge in [-0.1, -0.05) is 36.6 Å². The van der Waals surface area contributed by atoms with Gasteiger partial charge in [0.05, 0.1) is 11.8 Å². The monoisotopic (exact) mass is 406 g/mol. The van der Waals surface area contributed by atoms with E-state index in [1.165, 1.54) is 0 Å². The molecule has 6 nitrogen and oxygen atoms in total. The van der Waals surface area contributed by atoms with Crippen LogP contribution in [0.2, 0.25) is 0 Å². The third-order valence-electron chi connectivity index (χ3n) is 3.51. The molecule has 0 heterocycles. The Kier molecular flexibility index (Phi) is 10.3. The zero-order valence-electron chi connectivity index (χ0n) is 13.1. The fourth-order valence-electron chi connectivity index (χ4n) is 2.37. The summed E-state index contributed by atoms with van der Waals surface area (Å²) in [6.45, 7) is 1.86. The summed E-state index contributed by atoms with van der Waals surface area (Å²) in [5, 5.41) is 11.3. The van der Waals surface area contributed by atoms with E-state index in [4.69, 9.17) is 24.4 Å². The summed E-state index contributed by atoms with van der Waals surface area (Å²) in [6, 6.07) is 0. The van der Waals surface area contributed by atoms with E-state index in [2.05, 4.69) is 46.5 Å². The molecule has 0 aromatic rings. The van der Waals surface area contributed by atoms with Crippen molar-refractivity contribution in [3.63, 3.8) is 0 Å². The van der Waals surface area contributed by atoms with Gasteiger partial charge >= 0.3 is 0 Å². The van der Waals surface area contributed by atoms with Crippen LogP contribution in [0.1, 0.15) is 12.8 Å². The quantitative estimate of drug-likeness (QED) is 0.152. The summed E-state index contributed by atoms with van der Waals surface area (Å²) in [7, 11) is 0. The SMILES string of the molecule is O=C(NCCNC(=S)S)C1CC=CCC1C(=O)NCCNC(=S)S. The number of nitrogens with one attached hydrogen (secondary N) is 4. The van der Waals surface area contributed by atoms with Gasteiger partial charge in [-0.3, -0.25) is 9.59 Å². The first-order valence-electron chi connectivity index (χ1n) is 7.55. The molecule has 0 spiro atoms. The van der Waals surface area contributed by atoms with Gasteiger partial charge in [0.25, 0.3) is 0 Å². The molecule has 1 aliphatic carbocycles. The van der Waals surface area contributed by atoms with E-state index < -0.39 is 0 Å². The van der Waals surface area contributed by atoms with Gasteiger partial charge < -0.3 is 21.3 Å². The standard InChI is InChI=1S/C14H22N4O2S4/c19-11(15-5-7-17-13(21)22)9-3-1-2-4-10(9)12(20)16-6-8-18-14(23)24/h1-2,9-10H,3-8H2,(H,15,19)(H,16,20)(H2,17,21,22)(H2,18,23,24). The maximum absolute atomic E-state index is 12.3. The van der Waals surface area contributed by atoms with Crippen LogP contribution in [0.15, 0.2) is 12.2 Å². The van der Waals surface area contributed by atoms with Crippen LogP contribution < -0.4 is 21.3 Å². The predicted molar refractivity (Wildman–Crippen MR) is 111 cm³/mol. The molecule has 2 atom stereocenters. The number of carbonyl (C=O) groups is 2. The van der Waals surface area contributed by atoms with E-state index >= 15 is 0 Å². The van der Waals surface area contributed by atoms with Crippen molar-refractivity contribution in [1.82, 2.24) is 21.3 Å². The predicted octanol–water partition coefficient (Wildman–Crippen LogP) is 0.410. The van der Waals surface area contributed by atoms with Gasteiger partial charge in [0, 0.05) is 26.2 Å². The molecule has 10 heteroatoms. The minimum absolute atomic E-state index is 0.124. The Morgan fingerprint density at radius 1 is 0.792 bits per heavy atom. The number of rotatable bonds is 8. The average molecular weight is 407 g/mol. The molecule has 1 aliphatic rings. The molecule has 0 fully saturated rings. The minimum Gasteiger partial charge on any atom is -0.369 e. The molecular formula is C14H22N4O2S4. The molecule has 0 saturated carbocycles. The van der Waals surface area contributed by atoms with E-state index in [0.29, 0.717) is 47.7 Å². The number of allylic oxidation sites excluding steroid dienone is 2. The van der Waals surface area contributed by atoms with Gasteiger partial charge in [0.1, 0.15) is 8.64 Å². The Bertz CT molecular complexity index is 469. The maximum atomic E-state index is 12.3. The van der Waals surface area contributed by atoms with Gasteiger partial charge in [-0.15, -0.1) is 25.3 Å². The van der Waals surface area contributed by atoms with Crippen molar-refractivity contribution in [3.05, 3.63) is 12.2 Å². The first-order valence-corrected chi connectivity index (χ1v) is 9.27. The van der Waals surface area contributed by atoms with Gasteiger partial charge in [-0.05, 0) is 12.8 Å². The lowest BCUT2D eigenvalue weighted by molar-refractivity contribution is -0.134. The number of thiol groups is 2. The van der Waals surface area contributed by atoms with Gasteiger partial charge in [0.15, 0.2) is 0 Å².